The van der Waals surface area contributed by atoms with E-state index in [1.165, 1.54) is 4.90 Å². The van der Waals surface area contributed by atoms with Crippen LogP contribution in [0.2, 0.25) is 0 Å². The van der Waals surface area contributed by atoms with Gasteiger partial charge in [-0.15, -0.1) is 0 Å². The number of carboxylic acids is 1. The first-order chi connectivity index (χ1) is 8.20. The minimum atomic E-state index is -4.36. The third-order valence-corrected chi connectivity index (χ3v) is 2.88. The average molecular weight is 268 g/mol. The first-order valence-electron chi connectivity index (χ1n) is 5.48. The molecule has 0 saturated carbocycles. The van der Waals surface area contributed by atoms with E-state index in [9.17, 15) is 22.8 Å². The molecule has 1 saturated heterocycles. The van der Waals surface area contributed by atoms with E-state index < -0.39 is 37.1 Å². The Morgan fingerprint density at radius 1 is 1.39 bits per heavy atom. The van der Waals surface area contributed by atoms with Gasteiger partial charge in [-0.25, -0.2) is 0 Å². The monoisotopic (exact) mass is 268 g/mol. The van der Waals surface area contributed by atoms with Crippen LogP contribution in [0.25, 0.3) is 0 Å². The number of amides is 1. The third-order valence-electron chi connectivity index (χ3n) is 2.88. The summed E-state index contributed by atoms with van der Waals surface area (Å²) in [5, 5.41) is 10.9. The maximum atomic E-state index is 11.8. The van der Waals surface area contributed by atoms with Crippen molar-refractivity contribution < 1.29 is 27.9 Å². The van der Waals surface area contributed by atoms with E-state index in [1.54, 1.807) is 6.92 Å². The molecule has 1 fully saturated rings. The maximum absolute atomic E-state index is 11.8. The fourth-order valence-electron chi connectivity index (χ4n) is 1.91. The van der Waals surface area contributed by atoms with Gasteiger partial charge in [0.1, 0.15) is 0 Å². The van der Waals surface area contributed by atoms with Gasteiger partial charge >= 0.3 is 12.1 Å². The molecule has 2 N–H and O–H groups in total. The van der Waals surface area contributed by atoms with Crippen molar-refractivity contribution in [1.29, 1.82) is 0 Å². The maximum Gasteiger partial charge on any atom is 0.401 e. The molecule has 0 aromatic carbocycles. The lowest BCUT2D eigenvalue weighted by Gasteiger charge is -2.16. The van der Waals surface area contributed by atoms with E-state index in [1.807, 2.05) is 5.32 Å². The number of nitrogens with one attached hydrogen (secondary N) is 1. The minimum Gasteiger partial charge on any atom is -0.481 e. The molecule has 0 aliphatic carbocycles. The van der Waals surface area contributed by atoms with E-state index in [0.29, 0.717) is 0 Å². The van der Waals surface area contributed by atoms with Gasteiger partial charge in [-0.05, 0) is 5.92 Å². The molecule has 0 spiro atoms. The lowest BCUT2D eigenvalue weighted by Crippen LogP contribution is -2.40. The summed E-state index contributed by atoms with van der Waals surface area (Å²) in [5.41, 5.74) is 0. The summed E-state index contributed by atoms with van der Waals surface area (Å²) in [6.07, 6.45) is -4.36. The van der Waals surface area contributed by atoms with Gasteiger partial charge in [0.2, 0.25) is 5.91 Å². The van der Waals surface area contributed by atoms with Crippen LogP contribution in [-0.2, 0) is 9.59 Å². The topological polar surface area (TPSA) is 69.6 Å². The van der Waals surface area contributed by atoms with Gasteiger partial charge < -0.3 is 15.3 Å². The zero-order valence-electron chi connectivity index (χ0n) is 9.83. The first kappa shape index (κ1) is 14.7. The molecule has 5 nitrogen and oxygen atoms in total. The Bertz CT molecular complexity index is 333. The molecular weight excluding hydrogens is 253 g/mol. The summed E-state index contributed by atoms with van der Waals surface area (Å²) in [7, 11) is 0. The molecule has 0 radical (unpaired) electrons. The average Bonchev–Trinajstić information content (AvgIpc) is 2.58. The standard InChI is InChI=1S/C10H15F3N2O3/c1-6-3-15(4-7(6)9(17)18)8(16)2-14-5-10(11,12)13/h6-7,14H,2-5H2,1H3,(H,17,18)/t6-,7-/m1/s1. The SMILES string of the molecule is C[C@@H]1CN(C(=O)CNCC(F)(F)F)C[C@H]1C(=O)O. The second-order valence-electron chi connectivity index (χ2n) is 4.44. The number of aliphatic carboxylic acids is 1. The van der Waals surface area contributed by atoms with Gasteiger partial charge in [0, 0.05) is 13.1 Å². The lowest BCUT2D eigenvalue weighted by molar-refractivity contribution is -0.142. The van der Waals surface area contributed by atoms with Crippen LogP contribution in [0.1, 0.15) is 6.92 Å². The molecule has 2 atom stereocenters. The van der Waals surface area contributed by atoms with Gasteiger partial charge in [0.25, 0.3) is 0 Å². The molecule has 1 aliphatic rings. The van der Waals surface area contributed by atoms with Crippen molar-refractivity contribution in [1.82, 2.24) is 10.2 Å². The molecule has 0 bridgehead atoms. The van der Waals surface area contributed by atoms with Crippen LogP contribution in [0, 0.1) is 11.8 Å². The number of carboxylic acid groups (broad SMARTS) is 1. The van der Waals surface area contributed by atoms with E-state index in [4.69, 9.17) is 5.11 Å². The number of hydrogen-bond acceptors (Lipinski definition) is 3. The molecule has 1 rings (SSSR count). The fourth-order valence-corrected chi connectivity index (χ4v) is 1.91. The van der Waals surface area contributed by atoms with Crippen molar-refractivity contribution in [2.75, 3.05) is 26.2 Å². The number of hydrogen-bond donors (Lipinski definition) is 2. The molecule has 8 heteroatoms. The Labute approximate surface area is 102 Å². The minimum absolute atomic E-state index is 0.0586. The molecule has 1 aliphatic heterocycles. The Kier molecular flexibility index (Phi) is 4.55. The van der Waals surface area contributed by atoms with E-state index in [-0.39, 0.29) is 19.0 Å². The van der Waals surface area contributed by atoms with E-state index in [0.717, 1.165) is 0 Å². The predicted molar refractivity (Wildman–Crippen MR) is 55.8 cm³/mol. The summed E-state index contributed by atoms with van der Waals surface area (Å²) in [4.78, 5) is 23.7. The summed E-state index contributed by atoms with van der Waals surface area (Å²) < 4.78 is 35.5. The van der Waals surface area contributed by atoms with Gasteiger partial charge in [-0.2, -0.15) is 13.2 Å². The number of rotatable bonds is 4. The van der Waals surface area contributed by atoms with Crippen molar-refractivity contribution in [2.24, 2.45) is 11.8 Å². The molecule has 18 heavy (non-hydrogen) atoms. The van der Waals surface area contributed by atoms with Crippen LogP contribution in [0.4, 0.5) is 13.2 Å². The van der Waals surface area contributed by atoms with Crippen molar-refractivity contribution in [3.05, 3.63) is 0 Å². The van der Waals surface area contributed by atoms with Crippen LogP contribution >= 0.6 is 0 Å². The number of carbonyl (C=O) groups excluding carboxylic acids is 1. The number of alkyl halides is 3. The zero-order chi connectivity index (χ0) is 13.9. The van der Waals surface area contributed by atoms with Gasteiger partial charge in [-0.3, -0.25) is 9.59 Å². The Balaban J connectivity index is 2.38. The fraction of sp³-hybridized carbons (Fsp3) is 0.800. The van der Waals surface area contributed by atoms with Gasteiger partial charge in [0.15, 0.2) is 0 Å². The number of halogens is 3. The highest BCUT2D eigenvalue weighted by molar-refractivity contribution is 5.80. The van der Waals surface area contributed by atoms with Crippen LogP contribution in [-0.4, -0.2) is 54.2 Å². The van der Waals surface area contributed by atoms with Crippen molar-refractivity contribution in [2.45, 2.75) is 13.1 Å². The number of nitrogens with zero attached hydrogens (tertiary/aromatic N) is 1. The van der Waals surface area contributed by atoms with Crippen LogP contribution in [0.5, 0.6) is 0 Å². The highest BCUT2D eigenvalue weighted by atomic mass is 19.4. The highest BCUT2D eigenvalue weighted by Gasteiger charge is 2.37. The molecule has 1 heterocycles. The number of likely N-dealkylation sites (tertiary alicyclic amines) is 1. The molecular formula is C10H15F3N2O3. The largest absolute Gasteiger partial charge is 0.481 e. The van der Waals surface area contributed by atoms with E-state index in [2.05, 4.69) is 0 Å². The van der Waals surface area contributed by atoms with Crippen LogP contribution in [0.3, 0.4) is 0 Å². The highest BCUT2D eigenvalue weighted by Crippen LogP contribution is 2.23. The van der Waals surface area contributed by atoms with Crippen LogP contribution in [0.15, 0.2) is 0 Å². The lowest BCUT2D eigenvalue weighted by atomic mass is 9.99. The normalized spacial score (nSPS) is 24.3. The number of carbonyl (C=O) groups is 2. The third kappa shape index (κ3) is 4.17. The summed E-state index contributed by atoms with van der Waals surface area (Å²) in [6, 6.07) is 0. The Morgan fingerprint density at radius 3 is 2.44 bits per heavy atom. The second-order valence-corrected chi connectivity index (χ2v) is 4.44. The molecule has 1 amide bonds. The summed E-state index contributed by atoms with van der Waals surface area (Å²) in [6.45, 7) is 0.366. The van der Waals surface area contributed by atoms with Gasteiger partial charge in [0.05, 0.1) is 19.0 Å². The predicted octanol–water partition coefficient (Wildman–Crippen LogP) is 0.317. The molecule has 0 aromatic rings. The second kappa shape index (κ2) is 5.55. The molecule has 0 aromatic heterocycles. The van der Waals surface area contributed by atoms with Gasteiger partial charge in [-0.1, -0.05) is 6.92 Å². The van der Waals surface area contributed by atoms with E-state index >= 15 is 0 Å². The molecule has 104 valence electrons. The Morgan fingerprint density at radius 2 is 2.00 bits per heavy atom. The zero-order valence-corrected chi connectivity index (χ0v) is 9.83. The van der Waals surface area contributed by atoms with Crippen molar-refractivity contribution >= 4 is 11.9 Å². The van der Waals surface area contributed by atoms with Crippen molar-refractivity contribution in [3.8, 4) is 0 Å². The summed E-state index contributed by atoms with van der Waals surface area (Å²) in [5.74, 6) is -2.32. The summed E-state index contributed by atoms with van der Waals surface area (Å²) >= 11 is 0. The smallest absolute Gasteiger partial charge is 0.401 e. The molecule has 0 unspecified atom stereocenters. The first-order valence-corrected chi connectivity index (χ1v) is 5.48. The Hall–Kier alpha value is -1.31. The van der Waals surface area contributed by atoms with Crippen molar-refractivity contribution in [3.63, 3.8) is 0 Å². The van der Waals surface area contributed by atoms with Crippen LogP contribution < -0.4 is 5.32 Å². The quantitative estimate of drug-likeness (QED) is 0.770.